The zero-order valence-corrected chi connectivity index (χ0v) is 12.9. The van der Waals surface area contributed by atoms with Crippen LogP contribution in [0.3, 0.4) is 0 Å². The third-order valence-corrected chi connectivity index (χ3v) is 5.55. The highest BCUT2D eigenvalue weighted by molar-refractivity contribution is 7.98. The van der Waals surface area contributed by atoms with E-state index < -0.39 is 21.6 Å². The second-order valence-electron chi connectivity index (χ2n) is 4.21. The Balaban J connectivity index is 2.78. The summed E-state index contributed by atoms with van der Waals surface area (Å²) < 4.78 is 26.1. The zero-order valence-electron chi connectivity index (χ0n) is 10.4. The predicted molar refractivity (Wildman–Crippen MR) is 75.5 cm³/mol. The Morgan fingerprint density at radius 1 is 1.58 bits per heavy atom. The van der Waals surface area contributed by atoms with Gasteiger partial charge < -0.3 is 10.2 Å². The first-order valence-electron chi connectivity index (χ1n) is 5.21. The van der Waals surface area contributed by atoms with Crippen LogP contribution in [0.4, 0.5) is 0 Å². The Hall–Kier alpha value is -0.610. The number of carboxylic acid groups (broad SMARTS) is 1. The van der Waals surface area contributed by atoms with Crippen molar-refractivity contribution in [3.63, 3.8) is 0 Å². The molecule has 1 unspecified atom stereocenters. The molecule has 9 heteroatoms. The van der Waals surface area contributed by atoms with Gasteiger partial charge in [-0.15, -0.1) is 11.3 Å². The van der Waals surface area contributed by atoms with E-state index in [9.17, 15) is 18.3 Å². The molecule has 1 rings (SSSR count). The molecule has 108 valence electrons. The molecule has 6 nitrogen and oxygen atoms in total. The highest BCUT2D eigenvalue weighted by Gasteiger charge is 2.25. The first-order valence-corrected chi connectivity index (χ1v) is 8.96. The molecule has 1 aromatic heterocycles. The van der Waals surface area contributed by atoms with Crippen LogP contribution >= 0.6 is 23.1 Å². The lowest BCUT2D eigenvalue weighted by atomic mass is 10.1. The normalized spacial score (nSPS) is 15.1. The van der Waals surface area contributed by atoms with Crippen LogP contribution in [0.5, 0.6) is 0 Å². The Morgan fingerprint density at radius 3 is 2.68 bits per heavy atom. The number of aromatic carboxylic acids is 1. The van der Waals surface area contributed by atoms with E-state index in [-0.39, 0.29) is 16.3 Å². The minimum Gasteiger partial charge on any atom is -0.477 e. The standard InChI is InChI=1S/C10H15NO5S3/c1-10(14,6-17-2)5-11-19(15,16)7-3-8(9(12)13)18-4-7/h3-4,11,14H,5-6H2,1-2H3,(H,12,13). The van der Waals surface area contributed by atoms with Crippen LogP contribution < -0.4 is 4.72 Å². The summed E-state index contributed by atoms with van der Waals surface area (Å²) in [5, 5.41) is 19.9. The van der Waals surface area contributed by atoms with Crippen molar-refractivity contribution in [3.05, 3.63) is 16.3 Å². The molecule has 0 aliphatic carbocycles. The first-order chi connectivity index (χ1) is 8.68. The molecule has 1 atom stereocenters. The number of thiophene rings is 1. The molecule has 0 spiro atoms. The fourth-order valence-electron chi connectivity index (χ4n) is 1.27. The van der Waals surface area contributed by atoms with Crippen molar-refractivity contribution in [2.24, 2.45) is 0 Å². The molecule has 3 N–H and O–H groups in total. The van der Waals surface area contributed by atoms with E-state index in [2.05, 4.69) is 4.72 Å². The Kier molecular flexibility index (Phi) is 5.39. The molecule has 0 bridgehead atoms. The van der Waals surface area contributed by atoms with Gasteiger partial charge in [0.15, 0.2) is 0 Å². The van der Waals surface area contributed by atoms with Gasteiger partial charge in [0.2, 0.25) is 10.0 Å². The molecule has 0 amide bonds. The number of nitrogens with one attached hydrogen (secondary N) is 1. The van der Waals surface area contributed by atoms with Crippen molar-refractivity contribution in [2.75, 3.05) is 18.6 Å². The lowest BCUT2D eigenvalue weighted by Gasteiger charge is -2.22. The summed E-state index contributed by atoms with van der Waals surface area (Å²) in [5.41, 5.74) is -1.15. The third-order valence-electron chi connectivity index (χ3n) is 2.19. The molecule has 0 aliphatic rings. The predicted octanol–water partition coefficient (Wildman–Crippen LogP) is 0.839. The average molecular weight is 325 g/mol. The third kappa shape index (κ3) is 4.77. The van der Waals surface area contributed by atoms with Gasteiger partial charge in [0.25, 0.3) is 0 Å². The molecule has 0 fully saturated rings. The van der Waals surface area contributed by atoms with Gasteiger partial charge in [-0.2, -0.15) is 11.8 Å². The van der Waals surface area contributed by atoms with Crippen molar-refractivity contribution in [1.29, 1.82) is 0 Å². The number of aliphatic hydroxyl groups is 1. The van der Waals surface area contributed by atoms with Gasteiger partial charge in [0.1, 0.15) is 4.88 Å². The molecule has 0 saturated carbocycles. The zero-order chi connectivity index (χ0) is 14.7. The quantitative estimate of drug-likeness (QED) is 0.686. The van der Waals surface area contributed by atoms with Crippen LogP contribution in [-0.2, 0) is 10.0 Å². The maximum absolute atomic E-state index is 11.9. The Labute approximate surface area is 119 Å². The highest BCUT2D eigenvalue weighted by Crippen LogP contribution is 2.19. The van der Waals surface area contributed by atoms with Crippen molar-refractivity contribution >= 4 is 39.1 Å². The Bertz CT molecular complexity index is 549. The number of hydrogen-bond acceptors (Lipinski definition) is 6. The number of carboxylic acids is 1. The first kappa shape index (κ1) is 16.4. The molecule has 0 radical (unpaired) electrons. The van der Waals surface area contributed by atoms with Crippen LogP contribution in [-0.4, -0.2) is 48.8 Å². The number of rotatable bonds is 7. The van der Waals surface area contributed by atoms with Crippen LogP contribution in [0.15, 0.2) is 16.3 Å². The summed E-state index contributed by atoms with van der Waals surface area (Å²) in [6, 6.07) is 1.10. The minimum atomic E-state index is -3.80. The van der Waals surface area contributed by atoms with E-state index in [1.807, 2.05) is 0 Å². The summed E-state index contributed by atoms with van der Waals surface area (Å²) in [6.07, 6.45) is 1.81. The number of carbonyl (C=O) groups is 1. The lowest BCUT2D eigenvalue weighted by Crippen LogP contribution is -2.42. The smallest absolute Gasteiger partial charge is 0.345 e. The molecule has 1 aromatic rings. The van der Waals surface area contributed by atoms with Crippen LogP contribution in [0.1, 0.15) is 16.6 Å². The molecular formula is C10H15NO5S3. The topological polar surface area (TPSA) is 104 Å². The molecule has 19 heavy (non-hydrogen) atoms. The van der Waals surface area contributed by atoms with Crippen molar-refractivity contribution in [3.8, 4) is 0 Å². The molecule has 1 heterocycles. The largest absolute Gasteiger partial charge is 0.477 e. The minimum absolute atomic E-state index is 0.0451. The second-order valence-corrected chi connectivity index (χ2v) is 7.75. The van der Waals surface area contributed by atoms with Crippen molar-refractivity contribution < 1.29 is 23.4 Å². The summed E-state index contributed by atoms with van der Waals surface area (Å²) in [5.74, 6) is -0.777. The van der Waals surface area contributed by atoms with E-state index in [1.165, 1.54) is 24.1 Å². The lowest BCUT2D eigenvalue weighted by molar-refractivity contribution is 0.0701. The van der Waals surface area contributed by atoms with Gasteiger partial charge in [0, 0.05) is 17.7 Å². The van der Waals surface area contributed by atoms with Gasteiger partial charge >= 0.3 is 5.97 Å². The van der Waals surface area contributed by atoms with Crippen LogP contribution in [0.25, 0.3) is 0 Å². The average Bonchev–Trinajstić information content (AvgIpc) is 2.77. The maximum atomic E-state index is 11.9. The highest BCUT2D eigenvalue weighted by atomic mass is 32.2. The summed E-state index contributed by atoms with van der Waals surface area (Å²) >= 11 is 2.25. The second kappa shape index (κ2) is 6.23. The fourth-order valence-corrected chi connectivity index (χ4v) is 4.26. The van der Waals surface area contributed by atoms with E-state index in [0.717, 1.165) is 17.4 Å². The van der Waals surface area contributed by atoms with Crippen molar-refractivity contribution in [1.82, 2.24) is 4.72 Å². The number of hydrogen-bond donors (Lipinski definition) is 3. The molecular weight excluding hydrogens is 310 g/mol. The fraction of sp³-hybridized carbons (Fsp3) is 0.500. The van der Waals surface area contributed by atoms with Crippen LogP contribution in [0, 0.1) is 0 Å². The molecule has 0 aliphatic heterocycles. The van der Waals surface area contributed by atoms with Gasteiger partial charge in [-0.1, -0.05) is 0 Å². The van der Waals surface area contributed by atoms with Gasteiger partial charge in [0.05, 0.1) is 10.5 Å². The van der Waals surface area contributed by atoms with Gasteiger partial charge in [-0.25, -0.2) is 17.9 Å². The maximum Gasteiger partial charge on any atom is 0.345 e. The monoisotopic (exact) mass is 325 g/mol. The van der Waals surface area contributed by atoms with E-state index in [0.29, 0.717) is 5.75 Å². The Morgan fingerprint density at radius 2 is 2.21 bits per heavy atom. The summed E-state index contributed by atoms with van der Waals surface area (Å²) in [6.45, 7) is 1.40. The van der Waals surface area contributed by atoms with E-state index >= 15 is 0 Å². The SMILES string of the molecule is CSCC(C)(O)CNS(=O)(=O)c1csc(C(=O)O)c1. The molecule has 0 saturated heterocycles. The van der Waals surface area contributed by atoms with Crippen molar-refractivity contribution in [2.45, 2.75) is 17.4 Å². The number of sulfonamides is 1. The van der Waals surface area contributed by atoms with E-state index in [1.54, 1.807) is 6.26 Å². The van der Waals surface area contributed by atoms with Crippen LogP contribution in [0.2, 0.25) is 0 Å². The van der Waals surface area contributed by atoms with E-state index in [4.69, 9.17) is 5.11 Å². The van der Waals surface area contributed by atoms with Gasteiger partial charge in [-0.05, 0) is 19.2 Å². The summed E-state index contributed by atoms with van der Waals surface area (Å²) in [4.78, 5) is 10.5. The molecule has 0 aromatic carbocycles. The van der Waals surface area contributed by atoms with Gasteiger partial charge in [-0.3, -0.25) is 0 Å². The summed E-state index contributed by atoms with van der Waals surface area (Å²) in [7, 11) is -3.80. The number of thioether (sulfide) groups is 1.